The molecule has 0 bridgehead atoms. The number of aryl methyl sites for hydroxylation is 3. The van der Waals surface area contributed by atoms with Crippen molar-refractivity contribution in [1.82, 2.24) is 20.3 Å². The van der Waals surface area contributed by atoms with Gasteiger partial charge in [-0.1, -0.05) is 30.3 Å². The fourth-order valence-electron chi connectivity index (χ4n) is 5.28. The molecule has 5 rings (SSSR count). The molecule has 1 aliphatic carbocycles. The summed E-state index contributed by atoms with van der Waals surface area (Å²) in [6.07, 6.45) is 10.3. The lowest BCUT2D eigenvalue weighted by atomic mass is 10.0. The molecule has 0 spiro atoms. The van der Waals surface area contributed by atoms with Crippen LogP contribution in [0.5, 0.6) is 0 Å². The van der Waals surface area contributed by atoms with E-state index >= 15 is 0 Å². The van der Waals surface area contributed by atoms with Crippen LogP contribution in [0.1, 0.15) is 51.5 Å². The number of hydrogen-bond acceptors (Lipinski definition) is 3. The van der Waals surface area contributed by atoms with Gasteiger partial charge in [0.1, 0.15) is 0 Å². The second-order valence-corrected chi connectivity index (χ2v) is 9.54. The van der Waals surface area contributed by atoms with E-state index in [1.165, 1.54) is 50.5 Å². The number of benzene rings is 2. The van der Waals surface area contributed by atoms with Crippen LogP contribution in [0.2, 0.25) is 0 Å². The zero-order chi connectivity index (χ0) is 24.4. The van der Waals surface area contributed by atoms with Gasteiger partial charge in [0.25, 0.3) is 5.91 Å². The smallest absolute Gasteiger partial charge is 0.267 e. The van der Waals surface area contributed by atoms with Crippen molar-refractivity contribution in [1.29, 1.82) is 0 Å². The SMILES string of the molecule is Cc1ccc2c(CCN(Cc3[nH]ccc3C)C3CCc4cc(/C=C/C(=O)NO)ccc43)c[nH]c2c1. The van der Waals surface area contributed by atoms with Crippen LogP contribution in [-0.2, 0) is 24.2 Å². The zero-order valence-electron chi connectivity index (χ0n) is 20.3. The molecule has 1 atom stereocenters. The number of H-pyrrole nitrogens is 2. The number of aromatic amines is 2. The summed E-state index contributed by atoms with van der Waals surface area (Å²) in [5.41, 5.74) is 11.7. The highest BCUT2D eigenvalue weighted by Gasteiger charge is 2.28. The van der Waals surface area contributed by atoms with E-state index in [-0.39, 0.29) is 0 Å². The fourth-order valence-corrected chi connectivity index (χ4v) is 5.28. The first kappa shape index (κ1) is 23.1. The third-order valence-corrected chi connectivity index (χ3v) is 7.21. The Labute approximate surface area is 205 Å². The molecule has 4 N–H and O–H groups in total. The summed E-state index contributed by atoms with van der Waals surface area (Å²) in [5.74, 6) is -0.525. The topological polar surface area (TPSA) is 84.2 Å². The van der Waals surface area contributed by atoms with Crippen molar-refractivity contribution in [3.63, 3.8) is 0 Å². The standard InChI is InChI=1S/C29H32N4O2/c1-19-3-7-24-23(17-31-26(24)15-19)12-14-33(18-27-20(2)11-13-30-27)28-9-6-22-16-21(4-8-25(22)28)5-10-29(34)32-35/h3-5,7-8,10-11,13,15-17,28,30-31,35H,6,9,12,14,18H2,1-2H3,(H,32,34)/b10-5+. The van der Waals surface area contributed by atoms with E-state index in [0.717, 1.165) is 37.9 Å². The van der Waals surface area contributed by atoms with Crippen molar-refractivity contribution in [2.24, 2.45) is 0 Å². The summed E-state index contributed by atoms with van der Waals surface area (Å²) >= 11 is 0. The van der Waals surface area contributed by atoms with Crippen LogP contribution >= 0.6 is 0 Å². The van der Waals surface area contributed by atoms with Gasteiger partial charge in [-0.25, -0.2) is 5.48 Å². The molecule has 6 heteroatoms. The quantitative estimate of drug-likeness (QED) is 0.159. The molecule has 2 heterocycles. The molecule has 2 aromatic heterocycles. The molecule has 6 nitrogen and oxygen atoms in total. The van der Waals surface area contributed by atoms with Gasteiger partial charge in [-0.3, -0.25) is 14.9 Å². The predicted molar refractivity (Wildman–Crippen MR) is 139 cm³/mol. The Kier molecular flexibility index (Phi) is 6.57. The van der Waals surface area contributed by atoms with Crippen LogP contribution in [-0.4, -0.2) is 32.5 Å². The molecule has 180 valence electrons. The molecule has 1 unspecified atom stereocenters. The van der Waals surface area contributed by atoms with Gasteiger partial charge >= 0.3 is 0 Å². The van der Waals surface area contributed by atoms with E-state index in [2.05, 4.69) is 77.4 Å². The average molecular weight is 469 g/mol. The number of carbonyl (C=O) groups excluding carboxylic acids is 1. The van der Waals surface area contributed by atoms with E-state index in [4.69, 9.17) is 5.21 Å². The molecular weight excluding hydrogens is 436 g/mol. The maximum atomic E-state index is 11.3. The van der Waals surface area contributed by atoms with Crippen molar-refractivity contribution in [3.05, 3.63) is 100 Å². The van der Waals surface area contributed by atoms with E-state index in [9.17, 15) is 4.79 Å². The molecule has 0 radical (unpaired) electrons. The number of rotatable bonds is 8. The van der Waals surface area contributed by atoms with Crippen LogP contribution in [0.15, 0.2) is 60.9 Å². The first-order valence-corrected chi connectivity index (χ1v) is 12.2. The zero-order valence-corrected chi connectivity index (χ0v) is 20.3. The maximum absolute atomic E-state index is 11.3. The van der Waals surface area contributed by atoms with Crippen molar-refractivity contribution in [2.75, 3.05) is 6.54 Å². The van der Waals surface area contributed by atoms with E-state index in [0.29, 0.717) is 6.04 Å². The molecule has 2 aromatic carbocycles. The molecule has 0 aliphatic heterocycles. The molecule has 35 heavy (non-hydrogen) atoms. The van der Waals surface area contributed by atoms with E-state index in [1.54, 1.807) is 11.6 Å². The van der Waals surface area contributed by atoms with Gasteiger partial charge in [0, 0.05) is 54.2 Å². The van der Waals surface area contributed by atoms with Gasteiger partial charge in [-0.2, -0.15) is 0 Å². The van der Waals surface area contributed by atoms with Gasteiger partial charge < -0.3 is 9.97 Å². The third-order valence-electron chi connectivity index (χ3n) is 7.21. The maximum Gasteiger partial charge on any atom is 0.267 e. The van der Waals surface area contributed by atoms with Crippen molar-refractivity contribution in [3.8, 4) is 0 Å². The second-order valence-electron chi connectivity index (χ2n) is 9.54. The summed E-state index contributed by atoms with van der Waals surface area (Å²) in [6, 6.07) is 15.5. The lowest BCUT2D eigenvalue weighted by Gasteiger charge is -2.30. The van der Waals surface area contributed by atoms with Crippen LogP contribution in [0.4, 0.5) is 0 Å². The first-order chi connectivity index (χ1) is 17.0. The van der Waals surface area contributed by atoms with Crippen LogP contribution in [0.3, 0.4) is 0 Å². The summed E-state index contributed by atoms with van der Waals surface area (Å²) in [7, 11) is 0. The molecule has 4 aromatic rings. The van der Waals surface area contributed by atoms with Crippen molar-refractivity contribution < 1.29 is 10.0 Å². The van der Waals surface area contributed by atoms with Crippen molar-refractivity contribution in [2.45, 2.75) is 45.7 Å². The third kappa shape index (κ3) is 4.94. The Balaban J connectivity index is 1.39. The van der Waals surface area contributed by atoms with Gasteiger partial charge in [0.05, 0.1) is 0 Å². The molecule has 1 aliphatic rings. The Morgan fingerprint density at radius 1 is 1.17 bits per heavy atom. The van der Waals surface area contributed by atoms with Gasteiger partial charge in [-0.05, 0) is 84.7 Å². The summed E-state index contributed by atoms with van der Waals surface area (Å²) < 4.78 is 0. The molecule has 0 fully saturated rings. The van der Waals surface area contributed by atoms with Crippen LogP contribution in [0.25, 0.3) is 17.0 Å². The van der Waals surface area contributed by atoms with E-state index in [1.807, 2.05) is 6.20 Å². The normalized spacial score (nSPS) is 15.4. The Bertz CT molecular complexity index is 1380. The lowest BCUT2D eigenvalue weighted by Crippen LogP contribution is -2.29. The lowest BCUT2D eigenvalue weighted by molar-refractivity contribution is -0.124. The number of hydrogen-bond donors (Lipinski definition) is 4. The minimum Gasteiger partial charge on any atom is -0.364 e. The number of aromatic nitrogens is 2. The van der Waals surface area contributed by atoms with E-state index < -0.39 is 5.91 Å². The Hall–Kier alpha value is -3.61. The Morgan fingerprint density at radius 2 is 2.06 bits per heavy atom. The largest absolute Gasteiger partial charge is 0.364 e. The Morgan fingerprint density at radius 3 is 2.86 bits per heavy atom. The number of nitrogens with one attached hydrogen (secondary N) is 3. The highest BCUT2D eigenvalue weighted by molar-refractivity contribution is 5.90. The van der Waals surface area contributed by atoms with Gasteiger partial charge in [0.2, 0.25) is 0 Å². The first-order valence-electron chi connectivity index (χ1n) is 12.2. The molecular formula is C29H32N4O2. The van der Waals surface area contributed by atoms with Gasteiger partial charge in [0.15, 0.2) is 0 Å². The summed E-state index contributed by atoms with van der Waals surface area (Å²) in [5, 5.41) is 10.0. The van der Waals surface area contributed by atoms with Crippen LogP contribution in [0, 0.1) is 13.8 Å². The molecule has 1 amide bonds. The second kappa shape index (κ2) is 9.94. The van der Waals surface area contributed by atoms with Gasteiger partial charge in [-0.15, -0.1) is 0 Å². The van der Waals surface area contributed by atoms with Crippen LogP contribution < -0.4 is 5.48 Å². The number of hydroxylamine groups is 1. The minimum atomic E-state index is -0.525. The minimum absolute atomic E-state index is 0.346. The fraction of sp³-hybridized carbons (Fsp3) is 0.276. The summed E-state index contributed by atoms with van der Waals surface area (Å²) in [4.78, 5) is 20.8. The average Bonchev–Trinajstić information content (AvgIpc) is 3.58. The highest BCUT2D eigenvalue weighted by Crippen LogP contribution is 2.37. The monoisotopic (exact) mass is 468 g/mol. The highest BCUT2D eigenvalue weighted by atomic mass is 16.5. The number of carbonyl (C=O) groups is 1. The number of amides is 1. The molecule has 0 saturated carbocycles. The van der Waals surface area contributed by atoms with Crippen molar-refractivity contribution >= 4 is 22.9 Å². The molecule has 0 saturated heterocycles. The predicted octanol–water partition coefficient (Wildman–Crippen LogP) is 5.36. The number of fused-ring (bicyclic) bond motifs is 2. The summed E-state index contributed by atoms with van der Waals surface area (Å²) in [6.45, 7) is 6.13. The number of nitrogens with zero attached hydrogens (tertiary/aromatic N) is 1.